The number of nitrogens with one attached hydrogen (secondary N) is 1. The van der Waals surface area contributed by atoms with Crippen LogP contribution in [-0.4, -0.2) is 39.8 Å². The summed E-state index contributed by atoms with van der Waals surface area (Å²) in [6.07, 6.45) is -0.136. The molecule has 1 aromatic heterocycles. The summed E-state index contributed by atoms with van der Waals surface area (Å²) in [5.41, 5.74) is 4.17. The molecular weight excluding hydrogens is 454 g/mol. The number of anilines is 1. The van der Waals surface area contributed by atoms with Crippen LogP contribution in [0, 0.1) is 0 Å². The number of amides is 1. The van der Waals surface area contributed by atoms with E-state index in [-0.39, 0.29) is 18.2 Å². The number of aromatic amines is 1. The van der Waals surface area contributed by atoms with Crippen molar-refractivity contribution in [3.8, 4) is 5.88 Å². The first kappa shape index (κ1) is 23.1. The standard InChI is InChI=1S/C26H22ClN3O4/c1-15(31)30(2)20-9-7-19(8-10-20)28-25(17-5-3-4-16(12-17)13-23(32)33)24-21-11-6-18(27)14-22(21)29-26(24)34/h3-12,14,29,34H,13H2,1-2H3,(H,32,33). The Morgan fingerprint density at radius 1 is 1.06 bits per heavy atom. The molecule has 8 heteroatoms. The van der Waals surface area contributed by atoms with Crippen molar-refractivity contribution in [2.75, 3.05) is 11.9 Å². The lowest BCUT2D eigenvalue weighted by atomic mass is 9.98. The summed E-state index contributed by atoms with van der Waals surface area (Å²) in [6.45, 7) is 1.49. The van der Waals surface area contributed by atoms with Gasteiger partial charge in [-0.15, -0.1) is 0 Å². The summed E-state index contributed by atoms with van der Waals surface area (Å²) in [4.78, 5) is 32.2. The monoisotopic (exact) mass is 475 g/mol. The van der Waals surface area contributed by atoms with Gasteiger partial charge in [0, 0.05) is 35.6 Å². The lowest BCUT2D eigenvalue weighted by molar-refractivity contribution is -0.136. The minimum atomic E-state index is -0.939. The predicted octanol–water partition coefficient (Wildman–Crippen LogP) is 5.31. The molecule has 4 aromatic rings. The number of carbonyl (C=O) groups is 2. The molecule has 34 heavy (non-hydrogen) atoms. The van der Waals surface area contributed by atoms with E-state index in [0.29, 0.717) is 38.6 Å². The zero-order valence-electron chi connectivity index (χ0n) is 18.5. The summed E-state index contributed by atoms with van der Waals surface area (Å²) in [6, 6.07) is 19.4. The van der Waals surface area contributed by atoms with Crippen LogP contribution in [0.5, 0.6) is 5.88 Å². The Labute approximate surface area is 200 Å². The van der Waals surface area contributed by atoms with E-state index >= 15 is 0 Å². The second-order valence-corrected chi connectivity index (χ2v) is 8.30. The number of aliphatic carboxylic acids is 1. The predicted molar refractivity (Wildman–Crippen MR) is 134 cm³/mol. The Bertz CT molecular complexity index is 1420. The number of aliphatic imine (C=N–C) groups is 1. The van der Waals surface area contributed by atoms with Crippen LogP contribution in [-0.2, 0) is 16.0 Å². The van der Waals surface area contributed by atoms with Gasteiger partial charge in [0.2, 0.25) is 5.91 Å². The Morgan fingerprint density at radius 3 is 2.47 bits per heavy atom. The van der Waals surface area contributed by atoms with Crippen molar-refractivity contribution in [2.24, 2.45) is 4.99 Å². The van der Waals surface area contributed by atoms with Crippen molar-refractivity contribution in [3.63, 3.8) is 0 Å². The maximum atomic E-state index is 11.7. The van der Waals surface area contributed by atoms with Gasteiger partial charge in [0.05, 0.1) is 28.9 Å². The molecule has 3 aromatic carbocycles. The van der Waals surface area contributed by atoms with Crippen LogP contribution in [0.3, 0.4) is 0 Å². The number of aromatic hydroxyl groups is 1. The second-order valence-electron chi connectivity index (χ2n) is 7.86. The first-order valence-corrected chi connectivity index (χ1v) is 10.9. The summed E-state index contributed by atoms with van der Waals surface area (Å²) >= 11 is 6.12. The van der Waals surface area contributed by atoms with Gasteiger partial charge < -0.3 is 20.1 Å². The van der Waals surface area contributed by atoms with E-state index in [4.69, 9.17) is 16.6 Å². The number of halogens is 1. The zero-order valence-corrected chi connectivity index (χ0v) is 19.3. The summed E-state index contributed by atoms with van der Waals surface area (Å²) in [5, 5.41) is 21.3. The van der Waals surface area contributed by atoms with Crippen LogP contribution in [0.4, 0.5) is 11.4 Å². The molecular formula is C26H22ClN3O4. The lowest BCUT2D eigenvalue weighted by Crippen LogP contribution is -2.22. The van der Waals surface area contributed by atoms with E-state index < -0.39 is 5.97 Å². The van der Waals surface area contributed by atoms with Gasteiger partial charge in [-0.2, -0.15) is 0 Å². The van der Waals surface area contributed by atoms with E-state index in [1.165, 1.54) is 11.8 Å². The lowest BCUT2D eigenvalue weighted by Gasteiger charge is -2.15. The summed E-state index contributed by atoms with van der Waals surface area (Å²) < 4.78 is 0. The van der Waals surface area contributed by atoms with Crippen molar-refractivity contribution in [1.82, 2.24) is 4.98 Å². The zero-order chi connectivity index (χ0) is 24.4. The van der Waals surface area contributed by atoms with E-state index in [2.05, 4.69) is 4.98 Å². The van der Waals surface area contributed by atoms with Crippen molar-refractivity contribution in [3.05, 3.63) is 88.4 Å². The minimum absolute atomic E-state index is 0.0763. The average Bonchev–Trinajstić information content (AvgIpc) is 3.11. The number of rotatable bonds is 6. The number of carboxylic acids is 1. The van der Waals surface area contributed by atoms with Crippen LogP contribution in [0.25, 0.3) is 10.9 Å². The Morgan fingerprint density at radius 2 is 1.79 bits per heavy atom. The molecule has 0 spiro atoms. The molecule has 0 unspecified atom stereocenters. The molecule has 3 N–H and O–H groups in total. The van der Waals surface area contributed by atoms with Crippen molar-refractivity contribution in [2.45, 2.75) is 13.3 Å². The molecule has 0 atom stereocenters. The molecule has 0 saturated carbocycles. The highest BCUT2D eigenvalue weighted by atomic mass is 35.5. The summed E-state index contributed by atoms with van der Waals surface area (Å²) in [5.74, 6) is -1.10. The van der Waals surface area contributed by atoms with E-state index in [1.54, 1.807) is 67.7 Å². The Kier molecular flexibility index (Phi) is 6.38. The minimum Gasteiger partial charge on any atom is -0.494 e. The van der Waals surface area contributed by atoms with Crippen LogP contribution >= 0.6 is 11.6 Å². The van der Waals surface area contributed by atoms with E-state index in [0.717, 1.165) is 11.1 Å². The van der Waals surface area contributed by atoms with Crippen LogP contribution in [0.1, 0.15) is 23.6 Å². The van der Waals surface area contributed by atoms with Crippen molar-refractivity contribution in [1.29, 1.82) is 0 Å². The molecule has 1 amide bonds. The van der Waals surface area contributed by atoms with Crippen LogP contribution in [0.15, 0.2) is 71.7 Å². The van der Waals surface area contributed by atoms with Gasteiger partial charge in [-0.05, 0) is 48.0 Å². The number of aromatic nitrogens is 1. The molecule has 7 nitrogen and oxygen atoms in total. The number of nitrogens with zero attached hydrogens (tertiary/aromatic N) is 2. The SMILES string of the molecule is CC(=O)N(C)c1ccc(N=C(c2cccc(CC(=O)O)c2)c2c(O)[nH]c3cc(Cl)ccc23)cc1. The first-order valence-electron chi connectivity index (χ1n) is 10.5. The topological polar surface area (TPSA) is 106 Å². The molecule has 1 heterocycles. The van der Waals surface area contributed by atoms with Gasteiger partial charge in [-0.3, -0.25) is 9.59 Å². The molecule has 0 aliphatic rings. The molecule has 0 aliphatic heterocycles. The number of fused-ring (bicyclic) bond motifs is 1. The van der Waals surface area contributed by atoms with Crippen molar-refractivity contribution < 1.29 is 19.8 Å². The van der Waals surface area contributed by atoms with Crippen molar-refractivity contribution >= 4 is 51.5 Å². The number of benzene rings is 3. The highest BCUT2D eigenvalue weighted by Crippen LogP contribution is 2.33. The molecule has 0 bridgehead atoms. The fourth-order valence-corrected chi connectivity index (χ4v) is 3.90. The molecule has 4 rings (SSSR count). The van der Waals surface area contributed by atoms with Gasteiger partial charge >= 0.3 is 5.97 Å². The Balaban J connectivity index is 1.89. The van der Waals surface area contributed by atoms with E-state index in [9.17, 15) is 19.8 Å². The van der Waals surface area contributed by atoms with Gasteiger partial charge in [-0.1, -0.05) is 35.9 Å². The van der Waals surface area contributed by atoms with Gasteiger partial charge in [0.25, 0.3) is 0 Å². The first-order chi connectivity index (χ1) is 16.2. The molecule has 0 radical (unpaired) electrons. The highest BCUT2D eigenvalue weighted by molar-refractivity contribution is 6.31. The van der Waals surface area contributed by atoms with Gasteiger partial charge in [-0.25, -0.2) is 4.99 Å². The molecule has 172 valence electrons. The Hall–Kier alpha value is -4.10. The third kappa shape index (κ3) is 4.79. The van der Waals surface area contributed by atoms with Crippen LogP contribution in [0.2, 0.25) is 5.02 Å². The van der Waals surface area contributed by atoms with E-state index in [1.807, 2.05) is 6.07 Å². The highest BCUT2D eigenvalue weighted by Gasteiger charge is 2.19. The maximum Gasteiger partial charge on any atom is 0.307 e. The number of carbonyl (C=O) groups excluding carboxylic acids is 1. The maximum absolute atomic E-state index is 11.7. The van der Waals surface area contributed by atoms with Gasteiger partial charge in [0.15, 0.2) is 5.88 Å². The fourth-order valence-electron chi connectivity index (χ4n) is 3.72. The number of hydrogen-bond donors (Lipinski definition) is 3. The average molecular weight is 476 g/mol. The number of H-pyrrole nitrogens is 1. The molecule has 0 saturated heterocycles. The van der Waals surface area contributed by atoms with Crippen LogP contribution < -0.4 is 4.90 Å². The normalized spacial score (nSPS) is 11.6. The number of hydrogen-bond acceptors (Lipinski definition) is 4. The largest absolute Gasteiger partial charge is 0.494 e. The smallest absolute Gasteiger partial charge is 0.307 e. The van der Waals surface area contributed by atoms with Gasteiger partial charge in [0.1, 0.15) is 0 Å². The molecule has 0 aliphatic carbocycles. The third-order valence-corrected chi connectivity index (χ3v) is 5.72. The molecule has 0 fully saturated rings. The quantitative estimate of drug-likeness (QED) is 0.329. The summed E-state index contributed by atoms with van der Waals surface area (Å²) in [7, 11) is 1.69. The second kappa shape index (κ2) is 9.41. The third-order valence-electron chi connectivity index (χ3n) is 5.48. The fraction of sp³-hybridized carbons (Fsp3) is 0.115. The number of carboxylic acid groups (broad SMARTS) is 1.